The van der Waals surface area contributed by atoms with E-state index in [0.29, 0.717) is 13.1 Å². The van der Waals surface area contributed by atoms with E-state index in [1.54, 1.807) is 0 Å². The second kappa shape index (κ2) is 6.43. The Labute approximate surface area is 97.0 Å². The molecule has 0 radical (unpaired) electrons. The summed E-state index contributed by atoms with van der Waals surface area (Å²) >= 11 is 0. The third-order valence-corrected chi connectivity index (χ3v) is 2.40. The Morgan fingerprint density at radius 2 is 2.31 bits per heavy atom. The van der Waals surface area contributed by atoms with Crippen LogP contribution in [0.25, 0.3) is 5.57 Å². The topological polar surface area (TPSA) is 58.3 Å². The third kappa shape index (κ3) is 4.14. The Kier molecular flexibility index (Phi) is 5.19. The number of benzene rings is 1. The van der Waals surface area contributed by atoms with Crippen molar-refractivity contribution in [1.29, 1.82) is 0 Å². The molecule has 0 spiro atoms. The van der Waals surface area contributed by atoms with Gasteiger partial charge in [-0.1, -0.05) is 36.4 Å². The smallest absolute Gasteiger partial charge is 0.0786 e. The molecule has 0 saturated heterocycles. The molecule has 0 aliphatic carbocycles. The van der Waals surface area contributed by atoms with Crippen LogP contribution in [0.1, 0.15) is 18.1 Å². The monoisotopic (exact) mass is 220 g/mol. The van der Waals surface area contributed by atoms with Crippen molar-refractivity contribution < 1.29 is 5.11 Å². The molecular formula is C13H20N2O. The van der Waals surface area contributed by atoms with Crippen molar-refractivity contribution in [2.24, 2.45) is 5.73 Å². The van der Waals surface area contributed by atoms with Gasteiger partial charge in [-0.2, -0.15) is 0 Å². The van der Waals surface area contributed by atoms with Gasteiger partial charge in [-0.3, -0.25) is 0 Å². The molecule has 0 unspecified atom stereocenters. The van der Waals surface area contributed by atoms with Gasteiger partial charge in [0.25, 0.3) is 0 Å². The van der Waals surface area contributed by atoms with Crippen molar-refractivity contribution in [1.82, 2.24) is 5.32 Å². The number of rotatable bonds is 6. The van der Waals surface area contributed by atoms with Crippen molar-refractivity contribution in [2.45, 2.75) is 19.6 Å². The van der Waals surface area contributed by atoms with E-state index in [1.165, 1.54) is 5.56 Å². The second-order valence-corrected chi connectivity index (χ2v) is 4.00. The predicted octanol–water partition coefficient (Wildman–Crippen LogP) is 1.13. The summed E-state index contributed by atoms with van der Waals surface area (Å²) < 4.78 is 0. The summed E-state index contributed by atoms with van der Waals surface area (Å²) in [6.45, 7) is 7.45. The number of nitrogens with one attached hydrogen (secondary N) is 1. The number of allylic oxidation sites excluding steroid dienone is 1. The Balaban J connectivity index is 2.48. The van der Waals surface area contributed by atoms with Crippen LogP contribution in [-0.2, 0) is 6.54 Å². The van der Waals surface area contributed by atoms with Gasteiger partial charge in [0, 0.05) is 19.6 Å². The summed E-state index contributed by atoms with van der Waals surface area (Å²) in [6, 6.07) is 8.21. The lowest BCUT2D eigenvalue weighted by molar-refractivity contribution is 0.179. The van der Waals surface area contributed by atoms with E-state index in [9.17, 15) is 5.11 Å². The normalized spacial score (nSPS) is 12.4. The van der Waals surface area contributed by atoms with Crippen LogP contribution in [0, 0.1) is 0 Å². The number of nitrogens with two attached hydrogens (primary N) is 1. The molecule has 1 atom stereocenters. The van der Waals surface area contributed by atoms with Crippen LogP contribution in [0.5, 0.6) is 0 Å². The lowest BCUT2D eigenvalue weighted by Crippen LogP contribution is -2.32. The Bertz CT molecular complexity index is 350. The second-order valence-electron chi connectivity index (χ2n) is 4.00. The standard InChI is InChI=1S/C13H20N2O/c1-10(2)12-5-3-4-11(6-12)8-15-9-13(16)7-14/h3-6,13,15-16H,1,7-9,14H2,2H3/t13-/m0/s1. The zero-order valence-corrected chi connectivity index (χ0v) is 9.74. The van der Waals surface area contributed by atoms with Crippen LogP contribution in [0.3, 0.4) is 0 Å². The molecule has 0 amide bonds. The number of hydrogen-bond donors (Lipinski definition) is 3. The van der Waals surface area contributed by atoms with Crippen molar-refractivity contribution in [3.8, 4) is 0 Å². The molecule has 0 heterocycles. The third-order valence-electron chi connectivity index (χ3n) is 2.40. The minimum Gasteiger partial charge on any atom is -0.390 e. The highest BCUT2D eigenvalue weighted by Crippen LogP contribution is 2.12. The molecule has 1 aromatic rings. The highest BCUT2D eigenvalue weighted by molar-refractivity contribution is 5.61. The Hall–Kier alpha value is -1.16. The van der Waals surface area contributed by atoms with Crippen LogP contribution < -0.4 is 11.1 Å². The van der Waals surface area contributed by atoms with Crippen molar-refractivity contribution in [3.63, 3.8) is 0 Å². The van der Waals surface area contributed by atoms with Gasteiger partial charge in [-0.05, 0) is 18.1 Å². The van der Waals surface area contributed by atoms with Crippen molar-refractivity contribution in [2.75, 3.05) is 13.1 Å². The molecule has 0 saturated carbocycles. The maximum absolute atomic E-state index is 9.28. The molecule has 3 nitrogen and oxygen atoms in total. The zero-order chi connectivity index (χ0) is 12.0. The summed E-state index contributed by atoms with van der Waals surface area (Å²) in [5.41, 5.74) is 8.71. The summed E-state index contributed by atoms with van der Waals surface area (Å²) in [5.74, 6) is 0. The molecule has 4 N–H and O–H groups in total. The first kappa shape index (κ1) is 12.9. The molecule has 16 heavy (non-hydrogen) atoms. The fourth-order valence-electron chi connectivity index (χ4n) is 1.41. The highest BCUT2D eigenvalue weighted by Gasteiger charge is 2.00. The molecule has 0 aromatic heterocycles. The molecular weight excluding hydrogens is 200 g/mol. The first-order chi connectivity index (χ1) is 7.63. The largest absolute Gasteiger partial charge is 0.390 e. The van der Waals surface area contributed by atoms with E-state index in [1.807, 2.05) is 25.1 Å². The van der Waals surface area contributed by atoms with Gasteiger partial charge in [0.15, 0.2) is 0 Å². The van der Waals surface area contributed by atoms with Gasteiger partial charge in [0.05, 0.1) is 6.10 Å². The summed E-state index contributed by atoms with van der Waals surface area (Å²) in [7, 11) is 0. The van der Waals surface area contributed by atoms with Crippen LogP contribution >= 0.6 is 0 Å². The molecule has 0 bridgehead atoms. The molecule has 88 valence electrons. The van der Waals surface area contributed by atoms with Crippen LogP contribution in [-0.4, -0.2) is 24.3 Å². The first-order valence-corrected chi connectivity index (χ1v) is 5.47. The minimum atomic E-state index is -0.468. The van der Waals surface area contributed by atoms with E-state index >= 15 is 0 Å². The first-order valence-electron chi connectivity index (χ1n) is 5.47. The maximum atomic E-state index is 9.28. The average Bonchev–Trinajstić information content (AvgIpc) is 2.29. The lowest BCUT2D eigenvalue weighted by Gasteiger charge is -2.10. The molecule has 0 aliphatic rings. The zero-order valence-electron chi connectivity index (χ0n) is 9.74. The molecule has 3 heteroatoms. The predicted molar refractivity (Wildman–Crippen MR) is 67.9 cm³/mol. The summed E-state index contributed by atoms with van der Waals surface area (Å²) in [5, 5.41) is 12.4. The summed E-state index contributed by atoms with van der Waals surface area (Å²) in [6.07, 6.45) is -0.468. The number of aliphatic hydroxyl groups excluding tert-OH is 1. The van der Waals surface area contributed by atoms with Gasteiger partial charge in [0.1, 0.15) is 0 Å². The van der Waals surface area contributed by atoms with Crippen LogP contribution in [0.15, 0.2) is 30.8 Å². The maximum Gasteiger partial charge on any atom is 0.0786 e. The number of hydrogen-bond acceptors (Lipinski definition) is 3. The Morgan fingerprint density at radius 1 is 1.56 bits per heavy atom. The number of aliphatic hydroxyl groups is 1. The fourth-order valence-corrected chi connectivity index (χ4v) is 1.41. The summed E-state index contributed by atoms with van der Waals surface area (Å²) in [4.78, 5) is 0. The van der Waals surface area contributed by atoms with E-state index < -0.39 is 6.10 Å². The lowest BCUT2D eigenvalue weighted by atomic mass is 10.1. The van der Waals surface area contributed by atoms with Gasteiger partial charge in [-0.15, -0.1) is 0 Å². The van der Waals surface area contributed by atoms with Crippen LogP contribution in [0.4, 0.5) is 0 Å². The van der Waals surface area contributed by atoms with Gasteiger partial charge in [0.2, 0.25) is 0 Å². The average molecular weight is 220 g/mol. The molecule has 1 aromatic carbocycles. The minimum absolute atomic E-state index is 0.290. The molecule has 0 aliphatic heterocycles. The Morgan fingerprint density at radius 3 is 2.94 bits per heavy atom. The van der Waals surface area contributed by atoms with Gasteiger partial charge < -0.3 is 16.2 Å². The van der Waals surface area contributed by atoms with E-state index in [0.717, 1.165) is 17.7 Å². The van der Waals surface area contributed by atoms with Crippen molar-refractivity contribution >= 4 is 5.57 Å². The van der Waals surface area contributed by atoms with Crippen molar-refractivity contribution in [3.05, 3.63) is 42.0 Å². The van der Waals surface area contributed by atoms with E-state index in [-0.39, 0.29) is 0 Å². The molecule has 0 fully saturated rings. The fraction of sp³-hybridized carbons (Fsp3) is 0.385. The van der Waals surface area contributed by atoms with E-state index in [4.69, 9.17) is 5.73 Å². The quantitative estimate of drug-likeness (QED) is 0.673. The van der Waals surface area contributed by atoms with E-state index in [2.05, 4.69) is 18.0 Å². The highest BCUT2D eigenvalue weighted by atomic mass is 16.3. The molecule has 1 rings (SSSR count). The SMILES string of the molecule is C=C(C)c1cccc(CNC[C@@H](O)CN)c1. The van der Waals surface area contributed by atoms with Gasteiger partial charge in [-0.25, -0.2) is 0 Å². The van der Waals surface area contributed by atoms with Gasteiger partial charge >= 0.3 is 0 Å². The van der Waals surface area contributed by atoms with Crippen LogP contribution in [0.2, 0.25) is 0 Å².